The molecule has 3 N–H and O–H groups in total. The molecule has 4 nitrogen and oxygen atoms in total. The molecule has 0 heterocycles. The monoisotopic (exact) mass is 318 g/mol. The molecular formula is C14H17ClF2N2O2. The molecule has 1 saturated carbocycles. The lowest BCUT2D eigenvalue weighted by atomic mass is 9.87. The third kappa shape index (κ3) is 4.28. The summed E-state index contributed by atoms with van der Waals surface area (Å²) in [7, 11) is 0. The second kappa shape index (κ2) is 7.04. The minimum absolute atomic E-state index is 0.0184. The van der Waals surface area contributed by atoms with Gasteiger partial charge in [0.05, 0.1) is 10.7 Å². The van der Waals surface area contributed by atoms with E-state index in [0.29, 0.717) is 6.07 Å². The Balaban J connectivity index is 1.91. The number of hydrogen-bond acceptors (Lipinski definition) is 2. The highest BCUT2D eigenvalue weighted by molar-refractivity contribution is 6.33. The molecule has 1 aliphatic carbocycles. The van der Waals surface area contributed by atoms with Crippen LogP contribution in [0.4, 0.5) is 19.3 Å². The molecule has 2 rings (SSSR count). The van der Waals surface area contributed by atoms with Gasteiger partial charge in [0.1, 0.15) is 5.82 Å². The topological polar surface area (TPSA) is 61.4 Å². The highest BCUT2D eigenvalue weighted by Gasteiger charge is 2.22. The zero-order chi connectivity index (χ0) is 15.4. The molecule has 1 aromatic rings. The van der Waals surface area contributed by atoms with E-state index < -0.39 is 17.7 Å². The standard InChI is InChI=1S/C14H17ClF2N2O2/c15-11-5-9(16)6-12(17)13(11)19-14(21)18-10-3-1-8(7-20)2-4-10/h5-6,8,10,20H,1-4,7H2,(H2,18,19,21). The summed E-state index contributed by atoms with van der Waals surface area (Å²) >= 11 is 5.71. The first-order valence-corrected chi connectivity index (χ1v) is 7.20. The van der Waals surface area contributed by atoms with Crippen LogP contribution >= 0.6 is 11.6 Å². The fourth-order valence-electron chi connectivity index (χ4n) is 2.49. The number of aliphatic hydroxyl groups is 1. The molecule has 0 radical (unpaired) electrons. The summed E-state index contributed by atoms with van der Waals surface area (Å²) in [6.45, 7) is 0.162. The Morgan fingerprint density at radius 2 is 1.95 bits per heavy atom. The van der Waals surface area contributed by atoms with Crippen molar-refractivity contribution in [3.8, 4) is 0 Å². The van der Waals surface area contributed by atoms with Crippen LogP contribution < -0.4 is 10.6 Å². The number of nitrogens with one attached hydrogen (secondary N) is 2. The smallest absolute Gasteiger partial charge is 0.319 e. The predicted octanol–water partition coefficient (Wildman–Crippen LogP) is 3.29. The van der Waals surface area contributed by atoms with Gasteiger partial charge in [0.25, 0.3) is 0 Å². The van der Waals surface area contributed by atoms with Crippen LogP contribution in [0, 0.1) is 17.6 Å². The van der Waals surface area contributed by atoms with Gasteiger partial charge in [0.15, 0.2) is 5.82 Å². The summed E-state index contributed by atoms with van der Waals surface area (Å²) in [5, 5.41) is 13.9. The Kier molecular flexibility index (Phi) is 5.36. The summed E-state index contributed by atoms with van der Waals surface area (Å²) in [6.07, 6.45) is 3.21. The highest BCUT2D eigenvalue weighted by atomic mass is 35.5. The highest BCUT2D eigenvalue weighted by Crippen LogP contribution is 2.27. The van der Waals surface area contributed by atoms with Crippen molar-refractivity contribution in [1.82, 2.24) is 5.32 Å². The first kappa shape index (κ1) is 16.0. The average molecular weight is 319 g/mol. The van der Waals surface area contributed by atoms with Gasteiger partial charge in [-0.05, 0) is 37.7 Å². The Morgan fingerprint density at radius 1 is 1.29 bits per heavy atom. The lowest BCUT2D eigenvalue weighted by Crippen LogP contribution is -2.40. The summed E-state index contributed by atoms with van der Waals surface area (Å²) in [5.41, 5.74) is -0.236. The van der Waals surface area contributed by atoms with E-state index in [1.165, 1.54) is 0 Å². The maximum absolute atomic E-state index is 13.6. The van der Waals surface area contributed by atoms with Gasteiger partial charge < -0.3 is 15.7 Å². The molecule has 0 spiro atoms. The molecule has 21 heavy (non-hydrogen) atoms. The average Bonchev–Trinajstić information content (AvgIpc) is 2.43. The van der Waals surface area contributed by atoms with Gasteiger partial charge in [-0.25, -0.2) is 13.6 Å². The molecule has 0 atom stereocenters. The van der Waals surface area contributed by atoms with Gasteiger partial charge in [-0.3, -0.25) is 0 Å². The van der Waals surface area contributed by atoms with Crippen molar-refractivity contribution in [3.63, 3.8) is 0 Å². The Hall–Kier alpha value is -1.40. The van der Waals surface area contributed by atoms with Crippen LogP contribution in [-0.2, 0) is 0 Å². The minimum atomic E-state index is -0.917. The van der Waals surface area contributed by atoms with Crippen LogP contribution in [0.2, 0.25) is 5.02 Å². The van der Waals surface area contributed by atoms with Crippen LogP contribution in [0.5, 0.6) is 0 Å². The first-order valence-electron chi connectivity index (χ1n) is 6.82. The van der Waals surface area contributed by atoms with Crippen molar-refractivity contribution < 1.29 is 18.7 Å². The molecule has 1 aliphatic rings. The van der Waals surface area contributed by atoms with Gasteiger partial charge in [-0.2, -0.15) is 0 Å². The number of aliphatic hydroxyl groups excluding tert-OH is 1. The predicted molar refractivity (Wildman–Crippen MR) is 76.4 cm³/mol. The zero-order valence-electron chi connectivity index (χ0n) is 11.3. The van der Waals surface area contributed by atoms with Crippen LogP contribution in [0.15, 0.2) is 12.1 Å². The maximum Gasteiger partial charge on any atom is 0.319 e. The van der Waals surface area contributed by atoms with E-state index in [-0.39, 0.29) is 29.3 Å². The van der Waals surface area contributed by atoms with Crippen molar-refractivity contribution in [1.29, 1.82) is 0 Å². The van der Waals surface area contributed by atoms with Crippen molar-refractivity contribution in [2.45, 2.75) is 31.7 Å². The van der Waals surface area contributed by atoms with Gasteiger partial charge >= 0.3 is 6.03 Å². The van der Waals surface area contributed by atoms with E-state index in [9.17, 15) is 13.6 Å². The number of amides is 2. The van der Waals surface area contributed by atoms with Gasteiger partial charge in [0.2, 0.25) is 0 Å². The number of carbonyl (C=O) groups is 1. The number of urea groups is 1. The number of carbonyl (C=O) groups excluding carboxylic acids is 1. The quantitative estimate of drug-likeness (QED) is 0.801. The Bertz CT molecular complexity index is 497. The molecule has 116 valence electrons. The molecule has 0 aliphatic heterocycles. The number of anilines is 1. The maximum atomic E-state index is 13.6. The van der Waals surface area contributed by atoms with Crippen LogP contribution in [0.25, 0.3) is 0 Å². The molecule has 1 aromatic carbocycles. The SMILES string of the molecule is O=C(Nc1c(F)cc(F)cc1Cl)NC1CCC(CO)CC1. The number of halogens is 3. The van der Waals surface area contributed by atoms with Crippen LogP contribution in [0.3, 0.4) is 0 Å². The molecule has 7 heteroatoms. The Morgan fingerprint density at radius 3 is 2.52 bits per heavy atom. The van der Waals surface area contributed by atoms with E-state index in [1.807, 2.05) is 0 Å². The second-order valence-electron chi connectivity index (χ2n) is 5.24. The largest absolute Gasteiger partial charge is 0.396 e. The third-order valence-corrected chi connectivity index (χ3v) is 3.98. The molecule has 0 bridgehead atoms. The summed E-state index contributed by atoms with van der Waals surface area (Å²) in [4.78, 5) is 11.8. The van der Waals surface area contributed by atoms with Crippen molar-refractivity contribution in [3.05, 3.63) is 28.8 Å². The van der Waals surface area contributed by atoms with E-state index in [0.717, 1.165) is 31.7 Å². The lowest BCUT2D eigenvalue weighted by molar-refractivity contribution is 0.176. The van der Waals surface area contributed by atoms with E-state index >= 15 is 0 Å². The van der Waals surface area contributed by atoms with E-state index in [4.69, 9.17) is 16.7 Å². The normalized spacial score (nSPS) is 21.9. The zero-order valence-corrected chi connectivity index (χ0v) is 12.1. The summed E-state index contributed by atoms with van der Waals surface area (Å²) in [5.74, 6) is -1.43. The molecule has 0 aromatic heterocycles. The van der Waals surface area contributed by atoms with Crippen molar-refractivity contribution in [2.24, 2.45) is 5.92 Å². The van der Waals surface area contributed by atoms with Gasteiger partial charge in [-0.15, -0.1) is 0 Å². The summed E-state index contributed by atoms with van der Waals surface area (Å²) in [6, 6.07) is 1.01. The number of benzene rings is 1. The number of rotatable bonds is 3. The fourth-order valence-corrected chi connectivity index (χ4v) is 2.73. The first-order chi connectivity index (χ1) is 9.99. The van der Waals surface area contributed by atoms with Crippen molar-refractivity contribution >= 4 is 23.3 Å². The van der Waals surface area contributed by atoms with E-state index in [1.54, 1.807) is 0 Å². The summed E-state index contributed by atoms with van der Waals surface area (Å²) < 4.78 is 26.5. The van der Waals surface area contributed by atoms with Gasteiger partial charge in [-0.1, -0.05) is 11.6 Å². The third-order valence-electron chi connectivity index (χ3n) is 3.69. The number of hydrogen-bond donors (Lipinski definition) is 3. The van der Waals surface area contributed by atoms with Crippen LogP contribution in [0.1, 0.15) is 25.7 Å². The minimum Gasteiger partial charge on any atom is -0.396 e. The van der Waals surface area contributed by atoms with E-state index in [2.05, 4.69) is 10.6 Å². The lowest BCUT2D eigenvalue weighted by Gasteiger charge is -2.28. The van der Waals surface area contributed by atoms with Crippen molar-refractivity contribution in [2.75, 3.05) is 11.9 Å². The fraction of sp³-hybridized carbons (Fsp3) is 0.500. The Labute approximate surface area is 126 Å². The molecule has 1 fully saturated rings. The molecular weight excluding hydrogens is 302 g/mol. The van der Waals surface area contributed by atoms with Gasteiger partial charge in [0, 0.05) is 18.7 Å². The molecule has 0 saturated heterocycles. The molecule has 2 amide bonds. The van der Waals surface area contributed by atoms with Crippen LogP contribution in [-0.4, -0.2) is 23.8 Å². The second-order valence-corrected chi connectivity index (χ2v) is 5.65. The molecule has 0 unspecified atom stereocenters.